The number of alkyl halides is 3. The van der Waals surface area contributed by atoms with Gasteiger partial charge in [0.15, 0.2) is 11.6 Å². The van der Waals surface area contributed by atoms with Crippen LogP contribution in [0.2, 0.25) is 0 Å². The van der Waals surface area contributed by atoms with E-state index in [1.54, 1.807) is 0 Å². The Labute approximate surface area is 107 Å². The minimum atomic E-state index is -4.26. The molecule has 19 heavy (non-hydrogen) atoms. The first-order valence-corrected chi connectivity index (χ1v) is 5.57. The maximum Gasteiger partial charge on any atom is 0.390 e. The lowest BCUT2D eigenvalue weighted by atomic mass is 10.1. The highest BCUT2D eigenvalue weighted by atomic mass is 19.4. The van der Waals surface area contributed by atoms with Crippen LogP contribution >= 0.6 is 0 Å². The lowest BCUT2D eigenvalue weighted by Crippen LogP contribution is -2.28. The lowest BCUT2D eigenvalue weighted by molar-refractivity contribution is -0.137. The van der Waals surface area contributed by atoms with Crippen molar-refractivity contribution < 1.29 is 27.1 Å². The third-order valence-electron chi connectivity index (χ3n) is 2.59. The molecule has 0 aromatic heterocycles. The normalized spacial score (nSPS) is 13.9. The Morgan fingerprint density at radius 1 is 1.21 bits per heavy atom. The molecule has 0 bridgehead atoms. The molecule has 0 aliphatic carbocycles. The Hall–Kier alpha value is -1.21. The average molecular weight is 283 g/mol. The molecule has 0 radical (unpaired) electrons. The minimum Gasteiger partial charge on any atom is -0.387 e. The number of rotatable bonds is 5. The van der Waals surface area contributed by atoms with E-state index < -0.39 is 30.3 Å². The van der Waals surface area contributed by atoms with Gasteiger partial charge in [-0.3, -0.25) is 0 Å². The summed E-state index contributed by atoms with van der Waals surface area (Å²) in [4.78, 5) is 1.28. The fourth-order valence-corrected chi connectivity index (χ4v) is 1.53. The smallest absolute Gasteiger partial charge is 0.387 e. The molecular weight excluding hydrogens is 269 g/mol. The zero-order valence-electron chi connectivity index (χ0n) is 10.2. The molecule has 0 saturated heterocycles. The van der Waals surface area contributed by atoms with Crippen molar-refractivity contribution >= 4 is 0 Å². The highest BCUT2D eigenvalue weighted by Gasteiger charge is 2.27. The summed E-state index contributed by atoms with van der Waals surface area (Å²) in [6, 6.07) is 2.89. The molecule has 7 heteroatoms. The molecule has 1 aromatic carbocycles. The summed E-state index contributed by atoms with van der Waals surface area (Å²) in [6.45, 7) is -0.370. The van der Waals surface area contributed by atoms with Crippen LogP contribution in [0, 0.1) is 11.6 Å². The first-order chi connectivity index (χ1) is 8.69. The molecule has 1 unspecified atom stereocenters. The number of aliphatic hydroxyl groups excluding tert-OH is 1. The van der Waals surface area contributed by atoms with Crippen LogP contribution < -0.4 is 0 Å². The quantitative estimate of drug-likeness (QED) is 0.840. The van der Waals surface area contributed by atoms with Crippen molar-refractivity contribution in [2.75, 3.05) is 20.1 Å². The molecule has 1 atom stereocenters. The van der Waals surface area contributed by atoms with E-state index in [2.05, 4.69) is 0 Å². The van der Waals surface area contributed by atoms with Gasteiger partial charge in [0.2, 0.25) is 0 Å². The van der Waals surface area contributed by atoms with Crippen LogP contribution in [0.1, 0.15) is 18.1 Å². The van der Waals surface area contributed by atoms with E-state index >= 15 is 0 Å². The van der Waals surface area contributed by atoms with E-state index in [4.69, 9.17) is 0 Å². The van der Waals surface area contributed by atoms with Crippen LogP contribution in [0.4, 0.5) is 22.0 Å². The third-order valence-corrected chi connectivity index (χ3v) is 2.59. The number of likely N-dealkylation sites (N-methyl/N-ethyl adjacent to an activating group) is 1. The van der Waals surface area contributed by atoms with E-state index in [9.17, 15) is 27.1 Å². The fraction of sp³-hybridized carbons (Fsp3) is 0.500. The Bertz CT molecular complexity index is 421. The van der Waals surface area contributed by atoms with Crippen molar-refractivity contribution in [1.82, 2.24) is 4.90 Å². The number of hydrogen-bond acceptors (Lipinski definition) is 2. The van der Waals surface area contributed by atoms with Crippen molar-refractivity contribution in [1.29, 1.82) is 0 Å². The van der Waals surface area contributed by atoms with Gasteiger partial charge in [0, 0.05) is 13.1 Å². The van der Waals surface area contributed by atoms with Gasteiger partial charge in [0.1, 0.15) is 0 Å². The Kier molecular flexibility index (Phi) is 5.25. The highest BCUT2D eigenvalue weighted by molar-refractivity contribution is 5.20. The summed E-state index contributed by atoms with van der Waals surface area (Å²) >= 11 is 0. The number of aliphatic hydroxyl groups is 1. The molecule has 108 valence electrons. The van der Waals surface area contributed by atoms with Gasteiger partial charge in [-0.15, -0.1) is 0 Å². The third kappa shape index (κ3) is 5.52. The van der Waals surface area contributed by atoms with E-state index in [0.717, 1.165) is 12.1 Å². The first-order valence-electron chi connectivity index (χ1n) is 5.57. The van der Waals surface area contributed by atoms with Gasteiger partial charge in [-0.2, -0.15) is 13.2 Å². The summed E-state index contributed by atoms with van der Waals surface area (Å²) < 4.78 is 61.6. The number of halogens is 5. The number of nitrogens with zero attached hydrogens (tertiary/aromatic N) is 1. The maximum absolute atomic E-state index is 12.9. The molecule has 1 rings (SSSR count). The van der Waals surface area contributed by atoms with Crippen molar-refractivity contribution in [3.05, 3.63) is 35.4 Å². The average Bonchev–Trinajstić information content (AvgIpc) is 2.29. The summed E-state index contributed by atoms with van der Waals surface area (Å²) in [7, 11) is 1.41. The van der Waals surface area contributed by atoms with E-state index in [1.165, 1.54) is 18.0 Å². The van der Waals surface area contributed by atoms with Crippen LogP contribution in [0.5, 0.6) is 0 Å². The molecular formula is C12H14F5NO. The van der Waals surface area contributed by atoms with Crippen molar-refractivity contribution in [3.8, 4) is 0 Å². The van der Waals surface area contributed by atoms with Gasteiger partial charge >= 0.3 is 6.18 Å². The Balaban J connectivity index is 2.54. The van der Waals surface area contributed by atoms with Gasteiger partial charge in [0.05, 0.1) is 12.5 Å². The molecule has 1 N–H and O–H groups in total. The zero-order valence-corrected chi connectivity index (χ0v) is 10.2. The van der Waals surface area contributed by atoms with E-state index in [1.807, 2.05) is 0 Å². The van der Waals surface area contributed by atoms with Crippen molar-refractivity contribution in [2.24, 2.45) is 0 Å². The van der Waals surface area contributed by atoms with E-state index in [-0.39, 0.29) is 18.7 Å². The van der Waals surface area contributed by atoms with Crippen molar-refractivity contribution in [3.63, 3.8) is 0 Å². The van der Waals surface area contributed by atoms with Gasteiger partial charge < -0.3 is 10.0 Å². The van der Waals surface area contributed by atoms with Gasteiger partial charge in [-0.1, -0.05) is 6.07 Å². The molecule has 0 aliphatic rings. The molecule has 2 nitrogen and oxygen atoms in total. The van der Waals surface area contributed by atoms with Gasteiger partial charge in [-0.05, 0) is 24.7 Å². The zero-order chi connectivity index (χ0) is 14.6. The predicted octanol–water partition coefficient (Wildman–Crippen LogP) is 2.88. The van der Waals surface area contributed by atoms with Gasteiger partial charge in [-0.25, -0.2) is 8.78 Å². The van der Waals surface area contributed by atoms with Crippen LogP contribution in [-0.4, -0.2) is 36.3 Å². The highest BCUT2D eigenvalue weighted by Crippen LogP contribution is 2.21. The summed E-state index contributed by atoms with van der Waals surface area (Å²) in [6.07, 6.45) is -6.43. The topological polar surface area (TPSA) is 23.5 Å². The van der Waals surface area contributed by atoms with Crippen LogP contribution in [0.15, 0.2) is 18.2 Å². The van der Waals surface area contributed by atoms with Crippen LogP contribution in [0.3, 0.4) is 0 Å². The minimum absolute atomic E-state index is 0.0961. The second-order valence-electron chi connectivity index (χ2n) is 4.32. The predicted molar refractivity (Wildman–Crippen MR) is 59.5 cm³/mol. The summed E-state index contributed by atoms with van der Waals surface area (Å²) in [5.41, 5.74) is 0.123. The second kappa shape index (κ2) is 6.29. The Morgan fingerprint density at radius 3 is 2.37 bits per heavy atom. The molecule has 0 fully saturated rings. The monoisotopic (exact) mass is 283 g/mol. The first kappa shape index (κ1) is 15.8. The fourth-order valence-electron chi connectivity index (χ4n) is 1.53. The summed E-state index contributed by atoms with van der Waals surface area (Å²) in [5, 5.41) is 9.72. The summed E-state index contributed by atoms with van der Waals surface area (Å²) in [5.74, 6) is -2.14. The molecule has 0 heterocycles. The van der Waals surface area contributed by atoms with Gasteiger partial charge in [0.25, 0.3) is 0 Å². The number of benzene rings is 1. The molecule has 0 saturated carbocycles. The Morgan fingerprint density at radius 2 is 1.84 bits per heavy atom. The van der Waals surface area contributed by atoms with Crippen LogP contribution in [0.25, 0.3) is 0 Å². The van der Waals surface area contributed by atoms with Crippen LogP contribution in [-0.2, 0) is 0 Å². The lowest BCUT2D eigenvalue weighted by Gasteiger charge is -2.21. The molecule has 0 amide bonds. The standard InChI is InChI=1S/C12H14F5NO/c1-18(5-4-12(15,16)17)7-11(19)8-2-3-9(13)10(14)6-8/h2-3,6,11,19H,4-5,7H2,1H3. The molecule has 0 aliphatic heterocycles. The SMILES string of the molecule is CN(CCC(F)(F)F)CC(O)c1ccc(F)c(F)c1. The maximum atomic E-state index is 12.9. The van der Waals surface area contributed by atoms with E-state index in [0.29, 0.717) is 0 Å². The van der Waals surface area contributed by atoms with Crippen molar-refractivity contribution in [2.45, 2.75) is 18.7 Å². The molecule has 0 spiro atoms. The second-order valence-corrected chi connectivity index (χ2v) is 4.32. The number of hydrogen-bond donors (Lipinski definition) is 1. The largest absolute Gasteiger partial charge is 0.390 e. The molecule has 1 aromatic rings.